The van der Waals surface area contributed by atoms with Crippen LogP contribution in [0.5, 0.6) is 5.75 Å². The Bertz CT molecular complexity index is 637. The SMILES string of the molecule is CC(C)c1ccc(C(=O)c2cccc(OC3CC3)c2)cc1. The van der Waals surface area contributed by atoms with E-state index in [1.807, 2.05) is 48.5 Å². The summed E-state index contributed by atoms with van der Waals surface area (Å²) in [7, 11) is 0. The highest BCUT2D eigenvalue weighted by molar-refractivity contribution is 6.09. The molecule has 1 saturated carbocycles. The van der Waals surface area contributed by atoms with Crippen LogP contribution in [-0.4, -0.2) is 11.9 Å². The van der Waals surface area contributed by atoms with Crippen molar-refractivity contribution in [2.24, 2.45) is 0 Å². The molecule has 2 nitrogen and oxygen atoms in total. The first-order valence-corrected chi connectivity index (χ1v) is 7.55. The molecule has 2 aromatic carbocycles. The Morgan fingerprint density at radius 3 is 2.38 bits per heavy atom. The van der Waals surface area contributed by atoms with Crippen LogP contribution in [0.1, 0.15) is 54.1 Å². The molecule has 108 valence electrons. The molecule has 2 aromatic rings. The molecule has 0 bridgehead atoms. The van der Waals surface area contributed by atoms with Crippen LogP contribution in [0.25, 0.3) is 0 Å². The second kappa shape index (κ2) is 5.72. The number of rotatable bonds is 5. The minimum Gasteiger partial charge on any atom is -0.490 e. The van der Waals surface area contributed by atoms with Crippen LogP contribution in [0.3, 0.4) is 0 Å². The lowest BCUT2D eigenvalue weighted by Crippen LogP contribution is -2.03. The van der Waals surface area contributed by atoms with E-state index in [1.54, 1.807) is 0 Å². The predicted octanol–water partition coefficient (Wildman–Crippen LogP) is 4.58. The normalized spacial score (nSPS) is 14.2. The molecule has 1 aliphatic carbocycles. The van der Waals surface area contributed by atoms with Crippen LogP contribution in [0.4, 0.5) is 0 Å². The molecular weight excluding hydrogens is 260 g/mol. The van der Waals surface area contributed by atoms with Gasteiger partial charge in [-0.15, -0.1) is 0 Å². The first-order chi connectivity index (χ1) is 10.1. The van der Waals surface area contributed by atoms with Crippen molar-refractivity contribution in [2.75, 3.05) is 0 Å². The van der Waals surface area contributed by atoms with Gasteiger partial charge in [0.15, 0.2) is 5.78 Å². The highest BCUT2D eigenvalue weighted by Crippen LogP contribution is 2.27. The van der Waals surface area contributed by atoms with Gasteiger partial charge in [-0.2, -0.15) is 0 Å². The average molecular weight is 280 g/mol. The van der Waals surface area contributed by atoms with E-state index in [9.17, 15) is 4.79 Å². The molecule has 1 fully saturated rings. The van der Waals surface area contributed by atoms with E-state index in [0.717, 1.165) is 24.2 Å². The summed E-state index contributed by atoms with van der Waals surface area (Å²) in [6.07, 6.45) is 2.59. The smallest absolute Gasteiger partial charge is 0.193 e. The number of ketones is 1. The zero-order valence-electron chi connectivity index (χ0n) is 12.5. The summed E-state index contributed by atoms with van der Waals surface area (Å²) in [6, 6.07) is 15.4. The fourth-order valence-corrected chi connectivity index (χ4v) is 2.28. The van der Waals surface area contributed by atoms with Gasteiger partial charge >= 0.3 is 0 Å². The van der Waals surface area contributed by atoms with Gasteiger partial charge in [0, 0.05) is 11.1 Å². The summed E-state index contributed by atoms with van der Waals surface area (Å²) < 4.78 is 5.75. The molecule has 0 saturated heterocycles. The minimum atomic E-state index is 0.0477. The Labute approximate surface area is 125 Å². The van der Waals surface area contributed by atoms with E-state index >= 15 is 0 Å². The van der Waals surface area contributed by atoms with Gasteiger partial charge in [0.25, 0.3) is 0 Å². The van der Waals surface area contributed by atoms with Gasteiger partial charge in [0.1, 0.15) is 5.75 Å². The maximum Gasteiger partial charge on any atom is 0.193 e. The van der Waals surface area contributed by atoms with E-state index in [2.05, 4.69) is 13.8 Å². The second-order valence-electron chi connectivity index (χ2n) is 5.95. The summed E-state index contributed by atoms with van der Waals surface area (Å²) >= 11 is 0. The van der Waals surface area contributed by atoms with Crippen molar-refractivity contribution in [2.45, 2.75) is 38.7 Å². The van der Waals surface area contributed by atoms with Crippen molar-refractivity contribution >= 4 is 5.78 Å². The monoisotopic (exact) mass is 280 g/mol. The van der Waals surface area contributed by atoms with Crippen LogP contribution < -0.4 is 4.74 Å². The average Bonchev–Trinajstić information content (AvgIpc) is 3.31. The predicted molar refractivity (Wildman–Crippen MR) is 84.1 cm³/mol. The van der Waals surface area contributed by atoms with Gasteiger partial charge in [-0.05, 0) is 36.5 Å². The fourth-order valence-electron chi connectivity index (χ4n) is 2.28. The topological polar surface area (TPSA) is 26.3 Å². The zero-order valence-corrected chi connectivity index (χ0v) is 12.5. The van der Waals surface area contributed by atoms with Crippen LogP contribution in [-0.2, 0) is 0 Å². The van der Waals surface area contributed by atoms with Crippen LogP contribution >= 0.6 is 0 Å². The Kier molecular flexibility index (Phi) is 3.78. The van der Waals surface area contributed by atoms with Crippen LogP contribution in [0.15, 0.2) is 48.5 Å². The van der Waals surface area contributed by atoms with Gasteiger partial charge < -0.3 is 4.74 Å². The van der Waals surface area contributed by atoms with Gasteiger partial charge in [-0.3, -0.25) is 4.79 Å². The number of benzene rings is 2. The molecule has 0 amide bonds. The first-order valence-electron chi connectivity index (χ1n) is 7.55. The minimum absolute atomic E-state index is 0.0477. The molecule has 1 aliphatic rings. The van der Waals surface area contributed by atoms with Gasteiger partial charge in [-0.25, -0.2) is 0 Å². The Morgan fingerprint density at radius 1 is 1.05 bits per heavy atom. The molecule has 0 unspecified atom stereocenters. The third kappa shape index (κ3) is 3.33. The summed E-state index contributed by atoms with van der Waals surface area (Å²) in [5.74, 6) is 1.32. The number of carbonyl (C=O) groups is 1. The quantitative estimate of drug-likeness (QED) is 0.749. The van der Waals surface area contributed by atoms with E-state index in [0.29, 0.717) is 17.6 Å². The highest BCUT2D eigenvalue weighted by atomic mass is 16.5. The third-order valence-electron chi connectivity index (χ3n) is 3.76. The van der Waals surface area contributed by atoms with E-state index in [4.69, 9.17) is 4.74 Å². The van der Waals surface area contributed by atoms with Crippen molar-refractivity contribution in [1.29, 1.82) is 0 Å². The molecular formula is C19H20O2. The van der Waals surface area contributed by atoms with Crippen molar-refractivity contribution in [3.8, 4) is 5.75 Å². The maximum absolute atomic E-state index is 12.5. The molecule has 0 heterocycles. The summed E-state index contributed by atoms with van der Waals surface area (Å²) in [5.41, 5.74) is 2.66. The molecule has 21 heavy (non-hydrogen) atoms. The van der Waals surface area contributed by atoms with E-state index in [1.165, 1.54) is 5.56 Å². The standard InChI is InChI=1S/C19H20O2/c1-13(2)14-6-8-15(9-7-14)19(20)16-4-3-5-18(12-16)21-17-10-11-17/h3-9,12-13,17H,10-11H2,1-2H3. The number of ether oxygens (including phenoxy) is 1. The third-order valence-corrected chi connectivity index (χ3v) is 3.76. The molecule has 0 N–H and O–H groups in total. The highest BCUT2D eigenvalue weighted by Gasteiger charge is 2.23. The van der Waals surface area contributed by atoms with Crippen LogP contribution in [0.2, 0.25) is 0 Å². The summed E-state index contributed by atoms with van der Waals surface area (Å²) in [6.45, 7) is 4.30. The fraction of sp³-hybridized carbons (Fsp3) is 0.316. The summed E-state index contributed by atoms with van der Waals surface area (Å²) in [5, 5.41) is 0. The number of hydrogen-bond acceptors (Lipinski definition) is 2. The van der Waals surface area contributed by atoms with Gasteiger partial charge in [0.2, 0.25) is 0 Å². The molecule has 0 radical (unpaired) electrons. The lowest BCUT2D eigenvalue weighted by Gasteiger charge is -2.08. The Balaban J connectivity index is 1.80. The molecule has 2 heteroatoms. The van der Waals surface area contributed by atoms with Gasteiger partial charge in [0.05, 0.1) is 6.10 Å². The van der Waals surface area contributed by atoms with Crippen molar-refractivity contribution in [3.05, 3.63) is 65.2 Å². The van der Waals surface area contributed by atoms with E-state index < -0.39 is 0 Å². The summed E-state index contributed by atoms with van der Waals surface area (Å²) in [4.78, 5) is 12.5. The zero-order chi connectivity index (χ0) is 14.8. The number of carbonyl (C=O) groups excluding carboxylic acids is 1. The molecule has 0 atom stereocenters. The van der Waals surface area contributed by atoms with Crippen molar-refractivity contribution in [3.63, 3.8) is 0 Å². The van der Waals surface area contributed by atoms with Crippen molar-refractivity contribution < 1.29 is 9.53 Å². The Hall–Kier alpha value is -2.09. The maximum atomic E-state index is 12.5. The Morgan fingerprint density at radius 2 is 1.76 bits per heavy atom. The number of hydrogen-bond donors (Lipinski definition) is 0. The van der Waals surface area contributed by atoms with E-state index in [-0.39, 0.29) is 5.78 Å². The lowest BCUT2D eigenvalue weighted by atomic mass is 9.98. The lowest BCUT2D eigenvalue weighted by molar-refractivity contribution is 0.103. The molecule has 0 aliphatic heterocycles. The largest absolute Gasteiger partial charge is 0.490 e. The van der Waals surface area contributed by atoms with Gasteiger partial charge in [-0.1, -0.05) is 50.2 Å². The molecule has 0 spiro atoms. The molecule has 3 rings (SSSR count). The molecule has 0 aromatic heterocycles. The second-order valence-corrected chi connectivity index (χ2v) is 5.95. The van der Waals surface area contributed by atoms with Crippen molar-refractivity contribution in [1.82, 2.24) is 0 Å². The van der Waals surface area contributed by atoms with Crippen LogP contribution in [0, 0.1) is 0 Å². The first kappa shape index (κ1) is 13.9.